The van der Waals surface area contributed by atoms with Crippen LogP contribution in [0.2, 0.25) is 0 Å². The minimum absolute atomic E-state index is 0.108. The fourth-order valence-electron chi connectivity index (χ4n) is 1.32. The summed E-state index contributed by atoms with van der Waals surface area (Å²) in [6.45, 7) is 0.424. The minimum atomic E-state index is -0.570. The van der Waals surface area contributed by atoms with E-state index in [0.717, 1.165) is 0 Å². The van der Waals surface area contributed by atoms with Crippen LogP contribution < -0.4 is 11.1 Å². The quantitative estimate of drug-likeness (QED) is 0.269. The minimum Gasteiger partial charge on any atom is -0.398 e. The molecule has 0 spiro atoms. The summed E-state index contributed by atoms with van der Waals surface area (Å²) in [7, 11) is 0. The number of thioether (sulfide) groups is 1. The molecule has 0 saturated carbocycles. The SMILES string of the molecule is C#CCSCCNC(=O)c1cc([N+](=O)[O-])ccc1N. The number of nitrogens with two attached hydrogens (primary N) is 1. The largest absolute Gasteiger partial charge is 0.398 e. The molecule has 0 aliphatic rings. The van der Waals surface area contributed by atoms with E-state index in [1.165, 1.54) is 30.0 Å². The molecule has 1 aromatic rings. The fraction of sp³-hybridized carbons (Fsp3) is 0.250. The van der Waals surface area contributed by atoms with E-state index in [2.05, 4.69) is 11.2 Å². The van der Waals surface area contributed by atoms with Crippen molar-refractivity contribution in [1.29, 1.82) is 0 Å². The van der Waals surface area contributed by atoms with Crippen molar-refractivity contribution in [2.24, 2.45) is 0 Å². The number of nitrogens with one attached hydrogen (secondary N) is 1. The Hall–Kier alpha value is -2.20. The molecule has 0 atom stereocenters. The zero-order valence-corrected chi connectivity index (χ0v) is 10.9. The van der Waals surface area contributed by atoms with Crippen molar-refractivity contribution >= 4 is 29.0 Å². The molecule has 0 aromatic heterocycles. The molecule has 0 saturated heterocycles. The number of amides is 1. The van der Waals surface area contributed by atoms with Crippen molar-refractivity contribution in [2.75, 3.05) is 23.8 Å². The van der Waals surface area contributed by atoms with Gasteiger partial charge in [0.2, 0.25) is 0 Å². The number of rotatable bonds is 6. The molecule has 19 heavy (non-hydrogen) atoms. The standard InChI is InChI=1S/C12H13N3O3S/c1-2-6-19-7-5-14-12(16)10-8-9(15(17)18)3-4-11(10)13/h1,3-4,8H,5-7,13H2,(H,14,16). The lowest BCUT2D eigenvalue weighted by Crippen LogP contribution is -2.26. The van der Waals surface area contributed by atoms with Gasteiger partial charge >= 0.3 is 0 Å². The Bertz CT molecular complexity index is 525. The van der Waals surface area contributed by atoms with Crippen molar-refractivity contribution in [1.82, 2.24) is 5.32 Å². The summed E-state index contributed by atoms with van der Waals surface area (Å²) in [5.41, 5.74) is 5.78. The Kier molecular flexibility index (Phi) is 5.70. The first-order valence-corrected chi connectivity index (χ1v) is 6.55. The topological polar surface area (TPSA) is 98.3 Å². The van der Waals surface area contributed by atoms with Crippen LogP contribution in [0, 0.1) is 22.5 Å². The lowest BCUT2D eigenvalue weighted by atomic mass is 10.1. The average molecular weight is 279 g/mol. The number of nitrogens with zero attached hydrogens (tertiary/aromatic N) is 1. The molecule has 0 radical (unpaired) electrons. The first kappa shape index (κ1) is 14.9. The molecule has 1 amide bonds. The van der Waals surface area contributed by atoms with E-state index in [0.29, 0.717) is 18.1 Å². The number of carbonyl (C=O) groups excluding carboxylic acids is 1. The summed E-state index contributed by atoms with van der Waals surface area (Å²) in [5.74, 6) is 3.29. The smallest absolute Gasteiger partial charge is 0.270 e. The highest BCUT2D eigenvalue weighted by atomic mass is 32.2. The van der Waals surface area contributed by atoms with Gasteiger partial charge in [0.05, 0.1) is 16.2 Å². The predicted octanol–water partition coefficient (Wildman–Crippen LogP) is 1.27. The number of nitrogen functional groups attached to an aromatic ring is 1. The van der Waals surface area contributed by atoms with Crippen LogP contribution in [0.5, 0.6) is 0 Å². The van der Waals surface area contributed by atoms with Crippen molar-refractivity contribution in [2.45, 2.75) is 0 Å². The van der Waals surface area contributed by atoms with E-state index in [-0.39, 0.29) is 16.9 Å². The van der Waals surface area contributed by atoms with Crippen molar-refractivity contribution in [3.8, 4) is 12.3 Å². The molecule has 0 aliphatic carbocycles. The molecule has 0 fully saturated rings. The van der Waals surface area contributed by atoms with E-state index in [1.54, 1.807) is 0 Å². The zero-order valence-electron chi connectivity index (χ0n) is 10.1. The van der Waals surface area contributed by atoms with Crippen LogP contribution in [0.4, 0.5) is 11.4 Å². The molecular formula is C12H13N3O3S. The van der Waals surface area contributed by atoms with Crippen molar-refractivity contribution < 1.29 is 9.72 Å². The first-order chi connectivity index (χ1) is 9.06. The first-order valence-electron chi connectivity index (χ1n) is 5.39. The van der Waals surface area contributed by atoms with E-state index in [1.807, 2.05) is 0 Å². The Morgan fingerprint density at radius 3 is 2.95 bits per heavy atom. The lowest BCUT2D eigenvalue weighted by Gasteiger charge is -2.06. The van der Waals surface area contributed by atoms with Gasteiger partial charge in [-0.3, -0.25) is 14.9 Å². The number of nitro benzene ring substituents is 1. The maximum atomic E-state index is 11.8. The van der Waals surface area contributed by atoms with Crippen LogP contribution in [-0.2, 0) is 0 Å². The van der Waals surface area contributed by atoms with E-state index < -0.39 is 10.8 Å². The summed E-state index contributed by atoms with van der Waals surface area (Å²) in [4.78, 5) is 21.9. The van der Waals surface area contributed by atoms with Gasteiger partial charge in [-0.25, -0.2) is 0 Å². The zero-order chi connectivity index (χ0) is 14.3. The third-order valence-corrected chi connectivity index (χ3v) is 3.07. The van der Waals surface area contributed by atoms with Crippen molar-refractivity contribution in [3.05, 3.63) is 33.9 Å². The van der Waals surface area contributed by atoms with E-state index in [4.69, 9.17) is 12.2 Å². The highest BCUT2D eigenvalue weighted by Gasteiger charge is 2.14. The maximum absolute atomic E-state index is 11.8. The second kappa shape index (κ2) is 7.28. The molecule has 0 heterocycles. The molecule has 3 N–H and O–H groups in total. The molecule has 100 valence electrons. The Morgan fingerprint density at radius 2 is 2.32 bits per heavy atom. The van der Waals surface area contributed by atoms with Crippen LogP contribution in [-0.4, -0.2) is 28.9 Å². The lowest BCUT2D eigenvalue weighted by molar-refractivity contribution is -0.384. The van der Waals surface area contributed by atoms with Gasteiger partial charge in [0.25, 0.3) is 11.6 Å². The molecule has 0 aliphatic heterocycles. The van der Waals surface area contributed by atoms with Crippen molar-refractivity contribution in [3.63, 3.8) is 0 Å². The summed E-state index contributed by atoms with van der Waals surface area (Å²) >= 11 is 1.51. The Balaban J connectivity index is 2.64. The van der Waals surface area contributed by atoms with Gasteiger partial charge in [0, 0.05) is 30.1 Å². The third-order valence-electron chi connectivity index (χ3n) is 2.21. The predicted molar refractivity (Wildman–Crippen MR) is 76.0 cm³/mol. The van der Waals surface area contributed by atoms with Gasteiger partial charge in [-0.2, -0.15) is 0 Å². The highest BCUT2D eigenvalue weighted by molar-refractivity contribution is 7.99. The number of benzene rings is 1. The average Bonchev–Trinajstić information content (AvgIpc) is 2.38. The number of hydrogen-bond acceptors (Lipinski definition) is 5. The molecule has 1 aromatic carbocycles. The monoisotopic (exact) mass is 279 g/mol. The van der Waals surface area contributed by atoms with Gasteiger partial charge in [0.15, 0.2) is 0 Å². The van der Waals surface area contributed by atoms with Crippen LogP contribution in [0.3, 0.4) is 0 Å². The molecule has 1 rings (SSSR count). The number of hydrogen-bond donors (Lipinski definition) is 2. The van der Waals surface area contributed by atoms with Crippen LogP contribution in [0.25, 0.3) is 0 Å². The molecule has 0 bridgehead atoms. The summed E-state index contributed by atoms with van der Waals surface area (Å²) < 4.78 is 0. The number of anilines is 1. The third kappa shape index (κ3) is 4.52. The Labute approximate surface area is 114 Å². The van der Waals surface area contributed by atoms with E-state index in [9.17, 15) is 14.9 Å². The molecular weight excluding hydrogens is 266 g/mol. The normalized spacial score (nSPS) is 9.63. The van der Waals surface area contributed by atoms with Crippen LogP contribution in [0.1, 0.15) is 10.4 Å². The number of carbonyl (C=O) groups is 1. The second-order valence-corrected chi connectivity index (χ2v) is 4.65. The van der Waals surface area contributed by atoms with Gasteiger partial charge in [-0.1, -0.05) is 5.92 Å². The van der Waals surface area contributed by atoms with Gasteiger partial charge in [0.1, 0.15) is 0 Å². The van der Waals surface area contributed by atoms with Crippen LogP contribution in [0.15, 0.2) is 18.2 Å². The summed E-state index contributed by atoms with van der Waals surface area (Å²) in [5, 5.41) is 13.3. The maximum Gasteiger partial charge on any atom is 0.270 e. The fourth-order valence-corrected chi connectivity index (χ4v) is 1.83. The molecule has 0 unspecified atom stereocenters. The van der Waals surface area contributed by atoms with Gasteiger partial charge < -0.3 is 11.1 Å². The van der Waals surface area contributed by atoms with Gasteiger partial charge in [-0.05, 0) is 6.07 Å². The highest BCUT2D eigenvalue weighted by Crippen LogP contribution is 2.19. The van der Waals surface area contributed by atoms with Gasteiger partial charge in [-0.15, -0.1) is 18.2 Å². The number of terminal acetylenes is 1. The molecule has 6 nitrogen and oxygen atoms in total. The summed E-state index contributed by atoms with van der Waals surface area (Å²) in [6.07, 6.45) is 5.09. The second-order valence-electron chi connectivity index (χ2n) is 3.54. The van der Waals surface area contributed by atoms with Crippen LogP contribution >= 0.6 is 11.8 Å². The number of non-ortho nitro benzene ring substituents is 1. The summed E-state index contributed by atoms with van der Waals surface area (Å²) in [6, 6.07) is 3.77. The van der Waals surface area contributed by atoms with E-state index >= 15 is 0 Å². The molecule has 7 heteroatoms. The Morgan fingerprint density at radius 1 is 1.58 bits per heavy atom. The number of nitro groups is 1.